The lowest BCUT2D eigenvalue weighted by molar-refractivity contribution is -0.134. The van der Waals surface area contributed by atoms with Crippen molar-refractivity contribution in [3.05, 3.63) is 12.4 Å². The summed E-state index contributed by atoms with van der Waals surface area (Å²) in [6.07, 6.45) is 9.56. The Morgan fingerprint density at radius 1 is 1.18 bits per heavy atom. The molecular formula is C20H33N5O3. The van der Waals surface area contributed by atoms with Crippen molar-refractivity contribution in [2.75, 3.05) is 13.1 Å². The zero-order chi connectivity index (χ0) is 20.5. The highest BCUT2D eigenvalue weighted by Crippen LogP contribution is 2.26. The van der Waals surface area contributed by atoms with Crippen LogP contribution in [0.15, 0.2) is 17.4 Å². The Balaban J connectivity index is 2.00. The number of aliphatic imine (C=N–C) groups is 1. The molecule has 8 nitrogen and oxygen atoms in total. The zero-order valence-electron chi connectivity index (χ0n) is 16.9. The summed E-state index contributed by atoms with van der Waals surface area (Å²) in [4.78, 5) is 43.4. The van der Waals surface area contributed by atoms with Gasteiger partial charge in [0.2, 0.25) is 11.8 Å². The molecule has 0 aromatic heterocycles. The number of nitrogens with two attached hydrogens (primary N) is 1. The molecule has 2 unspecified atom stereocenters. The van der Waals surface area contributed by atoms with Crippen molar-refractivity contribution in [1.82, 2.24) is 15.5 Å². The first-order valence-corrected chi connectivity index (χ1v) is 10.2. The molecule has 8 heteroatoms. The van der Waals surface area contributed by atoms with Crippen LogP contribution in [0.25, 0.3) is 0 Å². The minimum absolute atomic E-state index is 0.0365. The maximum absolute atomic E-state index is 12.8. The van der Waals surface area contributed by atoms with Gasteiger partial charge in [0.15, 0.2) is 0 Å². The van der Waals surface area contributed by atoms with Gasteiger partial charge in [0.05, 0.1) is 6.54 Å². The van der Waals surface area contributed by atoms with Crippen LogP contribution in [0, 0.1) is 5.92 Å². The monoisotopic (exact) mass is 391 g/mol. The lowest BCUT2D eigenvalue weighted by atomic mass is 9.83. The third kappa shape index (κ3) is 6.07. The van der Waals surface area contributed by atoms with E-state index in [2.05, 4.69) is 15.6 Å². The van der Waals surface area contributed by atoms with Crippen LogP contribution in [0.2, 0.25) is 0 Å². The minimum atomic E-state index is -0.663. The molecule has 2 rings (SSSR count). The predicted octanol–water partition coefficient (Wildman–Crippen LogP) is 1.07. The molecule has 1 saturated heterocycles. The number of likely N-dealkylation sites (tertiary alicyclic amines) is 1. The molecule has 1 aliphatic carbocycles. The molecule has 1 aliphatic heterocycles. The van der Waals surface area contributed by atoms with Crippen LogP contribution in [-0.2, 0) is 14.4 Å². The SMILES string of the molecule is CC(=N/C=C\N)C(=O)NC(C(=O)NCC(=O)N1CCCC1C)C1CCCCC1. The van der Waals surface area contributed by atoms with Crippen molar-refractivity contribution in [1.29, 1.82) is 0 Å². The van der Waals surface area contributed by atoms with Crippen molar-refractivity contribution in [3.63, 3.8) is 0 Å². The van der Waals surface area contributed by atoms with Gasteiger partial charge in [-0.25, -0.2) is 0 Å². The van der Waals surface area contributed by atoms with Crippen LogP contribution in [-0.4, -0.2) is 53.5 Å². The summed E-state index contributed by atoms with van der Waals surface area (Å²) in [7, 11) is 0. The summed E-state index contributed by atoms with van der Waals surface area (Å²) in [5.41, 5.74) is 5.49. The number of hydrogen-bond acceptors (Lipinski definition) is 5. The molecule has 1 saturated carbocycles. The summed E-state index contributed by atoms with van der Waals surface area (Å²) in [6.45, 7) is 4.30. The van der Waals surface area contributed by atoms with Gasteiger partial charge in [-0.15, -0.1) is 0 Å². The largest absolute Gasteiger partial charge is 0.403 e. The normalized spacial score (nSPS) is 22.3. The molecule has 2 atom stereocenters. The van der Waals surface area contributed by atoms with E-state index in [0.29, 0.717) is 0 Å². The Labute approximate surface area is 167 Å². The smallest absolute Gasteiger partial charge is 0.266 e. The second-order valence-corrected chi connectivity index (χ2v) is 7.70. The molecule has 0 radical (unpaired) electrons. The minimum Gasteiger partial charge on any atom is -0.403 e. The molecular weight excluding hydrogens is 358 g/mol. The Hall–Kier alpha value is -2.38. The quantitative estimate of drug-likeness (QED) is 0.563. The van der Waals surface area contributed by atoms with E-state index in [1.165, 1.54) is 12.4 Å². The second kappa shape index (κ2) is 10.8. The number of hydrogen-bond donors (Lipinski definition) is 3. The first kappa shape index (κ1) is 21.9. The van der Waals surface area contributed by atoms with Crippen molar-refractivity contribution in [2.24, 2.45) is 16.6 Å². The number of nitrogens with one attached hydrogen (secondary N) is 2. The Morgan fingerprint density at radius 3 is 2.50 bits per heavy atom. The fourth-order valence-corrected chi connectivity index (χ4v) is 4.00. The van der Waals surface area contributed by atoms with Gasteiger partial charge in [-0.1, -0.05) is 19.3 Å². The number of rotatable bonds is 7. The summed E-state index contributed by atoms with van der Waals surface area (Å²) >= 11 is 0. The highest BCUT2D eigenvalue weighted by atomic mass is 16.2. The van der Waals surface area contributed by atoms with Crippen LogP contribution in [0.5, 0.6) is 0 Å². The van der Waals surface area contributed by atoms with E-state index in [1.54, 1.807) is 6.92 Å². The van der Waals surface area contributed by atoms with E-state index in [9.17, 15) is 14.4 Å². The van der Waals surface area contributed by atoms with Gasteiger partial charge in [0.1, 0.15) is 11.8 Å². The van der Waals surface area contributed by atoms with Crippen molar-refractivity contribution >= 4 is 23.4 Å². The van der Waals surface area contributed by atoms with Crippen LogP contribution >= 0.6 is 0 Å². The average Bonchev–Trinajstić information content (AvgIpc) is 3.14. The van der Waals surface area contributed by atoms with E-state index in [1.807, 2.05) is 11.8 Å². The van der Waals surface area contributed by atoms with Gasteiger partial charge in [0.25, 0.3) is 5.91 Å². The van der Waals surface area contributed by atoms with Gasteiger partial charge in [-0.3, -0.25) is 19.4 Å². The topological polar surface area (TPSA) is 117 Å². The molecule has 3 amide bonds. The van der Waals surface area contributed by atoms with Crippen LogP contribution in [0.3, 0.4) is 0 Å². The van der Waals surface area contributed by atoms with Gasteiger partial charge >= 0.3 is 0 Å². The lowest BCUT2D eigenvalue weighted by Gasteiger charge is -2.30. The molecule has 0 bridgehead atoms. The van der Waals surface area contributed by atoms with Gasteiger partial charge < -0.3 is 21.3 Å². The Kier molecular flexibility index (Phi) is 8.47. The highest BCUT2D eigenvalue weighted by molar-refractivity contribution is 6.38. The highest BCUT2D eigenvalue weighted by Gasteiger charge is 2.32. The van der Waals surface area contributed by atoms with Crippen molar-refractivity contribution in [2.45, 2.75) is 70.9 Å². The third-order valence-electron chi connectivity index (χ3n) is 5.66. The molecule has 2 fully saturated rings. The number of carbonyl (C=O) groups excluding carboxylic acids is 3. The summed E-state index contributed by atoms with van der Waals surface area (Å²) in [5, 5.41) is 5.56. The maximum atomic E-state index is 12.8. The lowest BCUT2D eigenvalue weighted by Crippen LogP contribution is -2.54. The number of carbonyl (C=O) groups is 3. The molecule has 0 aromatic carbocycles. The molecule has 28 heavy (non-hydrogen) atoms. The average molecular weight is 392 g/mol. The van der Waals surface area contributed by atoms with E-state index >= 15 is 0 Å². The second-order valence-electron chi connectivity index (χ2n) is 7.70. The van der Waals surface area contributed by atoms with E-state index in [4.69, 9.17) is 5.73 Å². The summed E-state index contributed by atoms with van der Waals surface area (Å²) in [5.74, 6) is -0.708. The van der Waals surface area contributed by atoms with E-state index in [0.717, 1.165) is 51.5 Å². The van der Waals surface area contributed by atoms with Crippen LogP contribution < -0.4 is 16.4 Å². The fourth-order valence-electron chi connectivity index (χ4n) is 4.00. The van der Waals surface area contributed by atoms with E-state index < -0.39 is 11.9 Å². The number of nitrogens with zero attached hydrogens (tertiary/aromatic N) is 2. The van der Waals surface area contributed by atoms with Crippen molar-refractivity contribution in [3.8, 4) is 0 Å². The molecule has 156 valence electrons. The predicted molar refractivity (Wildman–Crippen MR) is 108 cm³/mol. The van der Waals surface area contributed by atoms with E-state index in [-0.39, 0.29) is 36.0 Å². The zero-order valence-corrected chi connectivity index (χ0v) is 16.9. The van der Waals surface area contributed by atoms with Gasteiger partial charge in [-0.05, 0) is 45.4 Å². The summed E-state index contributed by atoms with van der Waals surface area (Å²) < 4.78 is 0. The third-order valence-corrected chi connectivity index (χ3v) is 5.66. The molecule has 1 heterocycles. The summed E-state index contributed by atoms with van der Waals surface area (Å²) in [6, 6.07) is -0.448. The van der Waals surface area contributed by atoms with Crippen LogP contribution in [0.1, 0.15) is 58.8 Å². The fraction of sp³-hybridized carbons (Fsp3) is 0.700. The van der Waals surface area contributed by atoms with Crippen molar-refractivity contribution < 1.29 is 14.4 Å². The molecule has 2 aliphatic rings. The standard InChI is InChI=1S/C20H33N5O3/c1-14-7-6-12-25(14)17(26)13-23-20(28)18(16-8-4-3-5-9-16)24-19(27)15(2)22-11-10-21/h10-11,14,16,18H,3-9,12-13,21H2,1-2H3,(H,23,28)(H,24,27)/b11-10-,22-15?. The molecule has 0 spiro atoms. The number of amides is 3. The Morgan fingerprint density at radius 2 is 1.89 bits per heavy atom. The van der Waals surface area contributed by atoms with Gasteiger partial charge in [-0.2, -0.15) is 0 Å². The maximum Gasteiger partial charge on any atom is 0.266 e. The first-order valence-electron chi connectivity index (χ1n) is 10.2. The van der Waals surface area contributed by atoms with Crippen LogP contribution in [0.4, 0.5) is 0 Å². The Bertz CT molecular complexity index is 625. The molecule has 0 aromatic rings. The first-order chi connectivity index (χ1) is 13.4. The molecule has 4 N–H and O–H groups in total. The van der Waals surface area contributed by atoms with Gasteiger partial charge in [0, 0.05) is 25.0 Å².